The maximum absolute atomic E-state index is 14.2. The number of hydrogen-bond acceptors (Lipinski definition) is 5. The molecule has 0 aliphatic heterocycles. The van der Waals surface area contributed by atoms with Crippen LogP contribution in [-0.4, -0.2) is 57.1 Å². The molecule has 11 heteroatoms. The molecule has 0 aromatic heterocycles. The zero-order valence-electron chi connectivity index (χ0n) is 24.3. The van der Waals surface area contributed by atoms with Crippen molar-refractivity contribution in [2.75, 3.05) is 24.2 Å². The molecular weight excluding hydrogens is 593 g/mol. The largest absolute Gasteiger partial charge is 0.495 e. The number of benzene rings is 3. The molecule has 0 spiro atoms. The molecule has 1 N–H and O–H groups in total. The molecule has 0 radical (unpaired) electrons. The lowest BCUT2D eigenvalue weighted by Gasteiger charge is -2.35. The van der Waals surface area contributed by atoms with Gasteiger partial charge in [-0.2, -0.15) is 0 Å². The Morgan fingerprint density at radius 1 is 1.00 bits per heavy atom. The van der Waals surface area contributed by atoms with E-state index in [4.69, 9.17) is 16.3 Å². The Balaban J connectivity index is 1.72. The number of carbonyl (C=O) groups is 2. The third-order valence-electron chi connectivity index (χ3n) is 7.59. The van der Waals surface area contributed by atoms with Crippen molar-refractivity contribution >= 4 is 39.1 Å². The maximum atomic E-state index is 14.2. The molecule has 3 aromatic rings. The Morgan fingerprint density at radius 2 is 1.67 bits per heavy atom. The predicted octanol–water partition coefficient (Wildman–Crippen LogP) is 5.34. The minimum absolute atomic E-state index is 0.00347. The number of carbonyl (C=O) groups excluding carboxylic acids is 2. The van der Waals surface area contributed by atoms with Crippen molar-refractivity contribution in [3.63, 3.8) is 0 Å². The Morgan fingerprint density at radius 3 is 2.28 bits per heavy atom. The van der Waals surface area contributed by atoms with Gasteiger partial charge in [-0.1, -0.05) is 73.3 Å². The summed E-state index contributed by atoms with van der Waals surface area (Å²) in [6, 6.07) is 18.5. The molecule has 4 rings (SSSR count). The Kier molecular flexibility index (Phi) is 11.0. The number of ether oxygens (including phenoxy) is 1. The van der Waals surface area contributed by atoms with Gasteiger partial charge in [0.15, 0.2) is 0 Å². The summed E-state index contributed by atoms with van der Waals surface area (Å²) in [4.78, 5) is 29.5. The lowest BCUT2D eigenvalue weighted by molar-refractivity contribution is -0.140. The van der Waals surface area contributed by atoms with Gasteiger partial charge in [0, 0.05) is 19.0 Å². The molecule has 2 amide bonds. The van der Waals surface area contributed by atoms with Gasteiger partial charge in [0.05, 0.1) is 24.1 Å². The van der Waals surface area contributed by atoms with Gasteiger partial charge in [-0.25, -0.2) is 12.8 Å². The van der Waals surface area contributed by atoms with Crippen LogP contribution in [0, 0.1) is 5.82 Å². The van der Waals surface area contributed by atoms with Crippen molar-refractivity contribution in [3.05, 3.63) is 94.8 Å². The summed E-state index contributed by atoms with van der Waals surface area (Å²) in [5.74, 6) is -0.992. The quantitative estimate of drug-likeness (QED) is 0.292. The highest BCUT2D eigenvalue weighted by atomic mass is 35.5. The van der Waals surface area contributed by atoms with Crippen molar-refractivity contribution in [1.29, 1.82) is 0 Å². The smallest absolute Gasteiger partial charge is 0.244 e. The van der Waals surface area contributed by atoms with Crippen LogP contribution in [0.5, 0.6) is 5.75 Å². The standard InChI is InChI=1S/C32H37ClFN3O5S/c1-42-30-18-17-27(20-28(30)33)37(43(2,40)41)22-31(38)36(21-24-13-15-25(34)16-14-24)29(19-23-9-5-3-6-10-23)32(39)35-26-11-7-4-8-12-26/h3,5-6,9-10,13-18,20,26,29H,4,7-8,11-12,19,21-22H2,1-2H3,(H,35,39)/t29-/m1/s1. The molecule has 0 saturated heterocycles. The van der Waals surface area contributed by atoms with Crippen LogP contribution < -0.4 is 14.4 Å². The first kappa shape index (κ1) is 32.3. The Bertz CT molecular complexity index is 1500. The number of halogens is 2. The second-order valence-corrected chi connectivity index (χ2v) is 13.1. The minimum Gasteiger partial charge on any atom is -0.495 e. The molecule has 0 unspecified atom stereocenters. The van der Waals surface area contributed by atoms with Gasteiger partial charge in [-0.15, -0.1) is 0 Å². The number of sulfonamides is 1. The highest BCUT2D eigenvalue weighted by Gasteiger charge is 2.34. The minimum atomic E-state index is -3.95. The van der Waals surface area contributed by atoms with Gasteiger partial charge in [-0.05, 0) is 54.3 Å². The van der Waals surface area contributed by atoms with Crippen LogP contribution in [0.3, 0.4) is 0 Å². The van der Waals surface area contributed by atoms with Crippen LogP contribution in [0.1, 0.15) is 43.2 Å². The Hall–Kier alpha value is -3.63. The maximum Gasteiger partial charge on any atom is 0.244 e. The van der Waals surface area contributed by atoms with Crippen LogP contribution in [0.2, 0.25) is 5.02 Å². The molecule has 0 bridgehead atoms. The van der Waals surface area contributed by atoms with E-state index in [1.165, 1.54) is 42.3 Å². The summed E-state index contributed by atoms with van der Waals surface area (Å²) in [5.41, 5.74) is 1.61. The predicted molar refractivity (Wildman–Crippen MR) is 166 cm³/mol. The summed E-state index contributed by atoms with van der Waals surface area (Å²) >= 11 is 6.29. The number of anilines is 1. The summed E-state index contributed by atoms with van der Waals surface area (Å²) < 4.78 is 45.8. The summed E-state index contributed by atoms with van der Waals surface area (Å²) in [6.45, 7) is -0.611. The fourth-order valence-corrected chi connectivity index (χ4v) is 6.40. The summed E-state index contributed by atoms with van der Waals surface area (Å²) in [7, 11) is -2.51. The van der Waals surface area contributed by atoms with Gasteiger partial charge in [-0.3, -0.25) is 13.9 Å². The monoisotopic (exact) mass is 629 g/mol. The van der Waals surface area contributed by atoms with Crippen LogP contribution in [0.4, 0.5) is 10.1 Å². The molecule has 8 nitrogen and oxygen atoms in total. The van der Waals surface area contributed by atoms with Crippen molar-refractivity contribution in [3.8, 4) is 5.75 Å². The van der Waals surface area contributed by atoms with E-state index in [-0.39, 0.29) is 35.6 Å². The zero-order valence-corrected chi connectivity index (χ0v) is 25.9. The van der Waals surface area contributed by atoms with Crippen molar-refractivity contribution in [2.45, 2.75) is 57.2 Å². The number of methoxy groups -OCH3 is 1. The highest BCUT2D eigenvalue weighted by Crippen LogP contribution is 2.30. The number of nitrogens with zero attached hydrogens (tertiary/aromatic N) is 2. The fourth-order valence-electron chi connectivity index (χ4n) is 5.31. The van der Waals surface area contributed by atoms with Gasteiger partial charge in [0.1, 0.15) is 24.2 Å². The van der Waals surface area contributed by atoms with E-state index in [9.17, 15) is 22.4 Å². The van der Waals surface area contributed by atoms with E-state index in [0.29, 0.717) is 11.3 Å². The molecule has 230 valence electrons. The van der Waals surface area contributed by atoms with Crippen molar-refractivity contribution in [1.82, 2.24) is 10.2 Å². The number of nitrogens with one attached hydrogen (secondary N) is 1. The number of amides is 2. The van der Waals surface area contributed by atoms with E-state index in [1.807, 2.05) is 30.3 Å². The van der Waals surface area contributed by atoms with E-state index < -0.39 is 34.3 Å². The molecule has 1 atom stereocenters. The number of hydrogen-bond donors (Lipinski definition) is 1. The van der Waals surface area contributed by atoms with Crippen LogP contribution >= 0.6 is 11.6 Å². The molecule has 43 heavy (non-hydrogen) atoms. The summed E-state index contributed by atoms with van der Waals surface area (Å²) in [6.07, 6.45) is 6.07. The SMILES string of the molecule is COc1ccc(N(CC(=O)N(Cc2ccc(F)cc2)[C@H](Cc2ccccc2)C(=O)NC2CCCCC2)S(C)(=O)=O)cc1Cl. The lowest BCUT2D eigenvalue weighted by Crippen LogP contribution is -2.55. The Labute approximate surface area is 257 Å². The van der Waals surface area contributed by atoms with Crippen molar-refractivity contribution in [2.24, 2.45) is 0 Å². The molecule has 1 aliphatic rings. The second kappa shape index (κ2) is 14.7. The molecular formula is C32H37ClFN3O5S. The first-order chi connectivity index (χ1) is 20.5. The number of rotatable bonds is 12. The van der Waals surface area contributed by atoms with Gasteiger partial charge in [0.25, 0.3) is 0 Å². The normalized spacial score (nSPS) is 14.5. The van der Waals surface area contributed by atoms with Gasteiger partial charge < -0.3 is 15.0 Å². The topological polar surface area (TPSA) is 96.0 Å². The van der Waals surface area contributed by atoms with E-state index >= 15 is 0 Å². The average Bonchev–Trinajstić information content (AvgIpc) is 2.99. The third kappa shape index (κ3) is 8.93. The van der Waals surface area contributed by atoms with Crippen LogP contribution in [-0.2, 0) is 32.6 Å². The van der Waals surface area contributed by atoms with E-state index in [0.717, 1.165) is 48.2 Å². The molecule has 1 fully saturated rings. The lowest BCUT2D eigenvalue weighted by atomic mass is 9.94. The highest BCUT2D eigenvalue weighted by molar-refractivity contribution is 7.92. The van der Waals surface area contributed by atoms with E-state index in [1.54, 1.807) is 12.1 Å². The van der Waals surface area contributed by atoms with Gasteiger partial charge >= 0.3 is 0 Å². The van der Waals surface area contributed by atoms with Gasteiger partial charge in [0.2, 0.25) is 21.8 Å². The van der Waals surface area contributed by atoms with Crippen LogP contribution in [0.25, 0.3) is 0 Å². The summed E-state index contributed by atoms with van der Waals surface area (Å²) in [5, 5.41) is 3.33. The second-order valence-electron chi connectivity index (χ2n) is 10.8. The third-order valence-corrected chi connectivity index (χ3v) is 9.03. The average molecular weight is 630 g/mol. The molecule has 1 aliphatic carbocycles. The molecule has 0 heterocycles. The van der Waals surface area contributed by atoms with E-state index in [2.05, 4.69) is 5.32 Å². The van der Waals surface area contributed by atoms with Crippen molar-refractivity contribution < 1.29 is 27.1 Å². The first-order valence-corrected chi connectivity index (χ1v) is 16.5. The molecule has 1 saturated carbocycles. The zero-order chi connectivity index (χ0) is 31.0. The fraction of sp³-hybridized carbons (Fsp3) is 0.375. The molecule has 3 aromatic carbocycles. The first-order valence-electron chi connectivity index (χ1n) is 14.2. The van der Waals surface area contributed by atoms with Crippen LogP contribution in [0.15, 0.2) is 72.8 Å².